The largest absolute Gasteiger partial charge is 0.406 e. The zero-order valence-electron chi connectivity index (χ0n) is 9.88. The van der Waals surface area contributed by atoms with Crippen molar-refractivity contribution in [3.05, 3.63) is 34.4 Å². The van der Waals surface area contributed by atoms with Gasteiger partial charge < -0.3 is 9.88 Å². The first-order chi connectivity index (χ1) is 8.81. The van der Waals surface area contributed by atoms with Crippen LogP contribution in [0.25, 0.3) is 10.9 Å². The molecule has 1 aromatic heterocycles. The summed E-state index contributed by atoms with van der Waals surface area (Å²) in [6.45, 7) is -1.13. The van der Waals surface area contributed by atoms with E-state index in [1.54, 1.807) is 18.2 Å². The Hall–Kier alpha value is -1.50. The highest BCUT2D eigenvalue weighted by atomic mass is 79.9. The van der Waals surface area contributed by atoms with Gasteiger partial charge in [-0.05, 0) is 12.1 Å². The lowest BCUT2D eigenvalue weighted by molar-refractivity contribution is -0.139. The average Bonchev–Trinajstić information content (AvgIpc) is 2.64. The highest BCUT2D eigenvalue weighted by Crippen LogP contribution is 2.28. The van der Waals surface area contributed by atoms with E-state index in [2.05, 4.69) is 21.2 Å². The molecule has 0 aliphatic carbocycles. The molecule has 7 heteroatoms. The summed E-state index contributed by atoms with van der Waals surface area (Å²) in [6.07, 6.45) is -3.11. The molecule has 1 aromatic carbocycles. The maximum Gasteiger partial charge on any atom is 0.406 e. The fourth-order valence-corrected chi connectivity index (χ4v) is 2.25. The van der Waals surface area contributed by atoms with Crippen LogP contribution in [0, 0.1) is 0 Å². The fourth-order valence-electron chi connectivity index (χ4n) is 1.90. The van der Waals surface area contributed by atoms with E-state index in [9.17, 15) is 18.0 Å². The summed E-state index contributed by atoms with van der Waals surface area (Å²) in [5.41, 5.74) is 0.597. The number of nitrogens with one attached hydrogen (secondary N) is 1. The Morgan fingerprint density at radius 1 is 1.42 bits per heavy atom. The number of halogens is 4. The van der Waals surface area contributed by atoms with Crippen LogP contribution in [0.2, 0.25) is 0 Å². The molecule has 1 N–H and O–H groups in total. The zero-order valence-corrected chi connectivity index (χ0v) is 11.5. The Labute approximate surface area is 115 Å². The van der Waals surface area contributed by atoms with E-state index in [4.69, 9.17) is 0 Å². The van der Waals surface area contributed by atoms with Crippen LogP contribution in [0.4, 0.5) is 13.2 Å². The minimum Gasteiger partial charge on any atom is -0.355 e. The highest BCUT2D eigenvalue weighted by Gasteiger charge is 2.29. The molecule has 0 unspecified atom stereocenters. The van der Waals surface area contributed by atoms with Gasteiger partial charge in [-0.15, -0.1) is 0 Å². The predicted molar refractivity (Wildman–Crippen MR) is 69.1 cm³/mol. The lowest BCUT2D eigenvalue weighted by Crippen LogP contribution is -2.18. The average molecular weight is 335 g/mol. The first-order valence-electron chi connectivity index (χ1n) is 5.39. The van der Waals surface area contributed by atoms with Crippen molar-refractivity contribution in [3.8, 4) is 0 Å². The third-order valence-electron chi connectivity index (χ3n) is 2.67. The van der Waals surface area contributed by atoms with E-state index in [0.717, 1.165) is 4.57 Å². The summed E-state index contributed by atoms with van der Waals surface area (Å²) in [4.78, 5) is 11.7. The minimum absolute atomic E-state index is 0.231. The third kappa shape index (κ3) is 2.91. The fraction of sp³-hybridized carbons (Fsp3) is 0.250. The van der Waals surface area contributed by atoms with Crippen molar-refractivity contribution in [2.75, 3.05) is 7.05 Å². The summed E-state index contributed by atoms with van der Waals surface area (Å²) in [5.74, 6) is -0.409. The molecule has 1 amide bonds. The lowest BCUT2D eigenvalue weighted by atomic mass is 10.1. The molecule has 0 aliphatic heterocycles. The van der Waals surface area contributed by atoms with Crippen molar-refractivity contribution in [1.82, 2.24) is 9.88 Å². The predicted octanol–water partition coefficient (Wildman–Crippen LogP) is 3.33. The number of nitrogens with zero attached hydrogens (tertiary/aromatic N) is 1. The molecular formula is C12H10BrF3N2O. The smallest absolute Gasteiger partial charge is 0.355 e. The van der Waals surface area contributed by atoms with Crippen LogP contribution in [0.3, 0.4) is 0 Å². The maximum absolute atomic E-state index is 12.5. The lowest BCUT2D eigenvalue weighted by Gasteiger charge is -2.08. The molecule has 0 aliphatic rings. The summed E-state index contributed by atoms with van der Waals surface area (Å²) in [7, 11) is 1.44. The molecule has 3 nitrogen and oxygen atoms in total. The van der Waals surface area contributed by atoms with Gasteiger partial charge in [-0.3, -0.25) is 4.79 Å². The number of alkyl halides is 3. The molecule has 2 aromatic rings. The van der Waals surface area contributed by atoms with Crippen molar-refractivity contribution >= 4 is 32.7 Å². The molecule has 0 saturated carbocycles. The van der Waals surface area contributed by atoms with Gasteiger partial charge in [-0.25, -0.2) is 0 Å². The highest BCUT2D eigenvalue weighted by molar-refractivity contribution is 9.10. The van der Waals surface area contributed by atoms with Crippen LogP contribution in [0.15, 0.2) is 28.9 Å². The van der Waals surface area contributed by atoms with Crippen LogP contribution >= 0.6 is 15.9 Å². The molecular weight excluding hydrogens is 325 g/mol. The third-order valence-corrected chi connectivity index (χ3v) is 3.16. The van der Waals surface area contributed by atoms with Gasteiger partial charge in [-0.2, -0.15) is 13.2 Å². The monoisotopic (exact) mass is 334 g/mol. The van der Waals surface area contributed by atoms with Crippen LogP contribution in [0.1, 0.15) is 10.4 Å². The topological polar surface area (TPSA) is 34.0 Å². The second-order valence-electron chi connectivity index (χ2n) is 4.03. The minimum atomic E-state index is -4.34. The Kier molecular flexibility index (Phi) is 3.58. The van der Waals surface area contributed by atoms with E-state index in [0.29, 0.717) is 15.4 Å². The summed E-state index contributed by atoms with van der Waals surface area (Å²) in [5, 5.41) is 2.91. The Bertz CT molecular complexity index is 634. The molecule has 0 saturated heterocycles. The van der Waals surface area contributed by atoms with E-state index in [1.165, 1.54) is 13.2 Å². The quantitative estimate of drug-likeness (QED) is 0.898. The summed E-state index contributed by atoms with van der Waals surface area (Å²) in [6, 6.07) is 4.87. The number of hydrogen-bond acceptors (Lipinski definition) is 1. The number of hydrogen-bond donors (Lipinski definition) is 1. The van der Waals surface area contributed by atoms with E-state index in [-0.39, 0.29) is 5.56 Å². The molecule has 19 heavy (non-hydrogen) atoms. The standard InChI is InChI=1S/C12H10BrF3N2O/c1-17-11(19)9-5-18(6-12(14,15)16)10-4-7(13)2-3-8(9)10/h2-5H,6H2,1H3,(H,17,19). The van der Waals surface area contributed by atoms with Crippen molar-refractivity contribution < 1.29 is 18.0 Å². The number of amides is 1. The van der Waals surface area contributed by atoms with E-state index < -0.39 is 18.6 Å². The van der Waals surface area contributed by atoms with E-state index in [1.807, 2.05) is 0 Å². The number of aromatic nitrogens is 1. The van der Waals surface area contributed by atoms with Crippen molar-refractivity contribution in [3.63, 3.8) is 0 Å². The Morgan fingerprint density at radius 3 is 2.68 bits per heavy atom. The molecule has 0 bridgehead atoms. The van der Waals surface area contributed by atoms with Crippen molar-refractivity contribution in [1.29, 1.82) is 0 Å². The normalized spacial score (nSPS) is 11.8. The van der Waals surface area contributed by atoms with Crippen LogP contribution in [-0.2, 0) is 6.54 Å². The van der Waals surface area contributed by atoms with Crippen LogP contribution < -0.4 is 5.32 Å². The molecule has 0 spiro atoms. The summed E-state index contributed by atoms with van der Waals surface area (Å²) >= 11 is 3.21. The van der Waals surface area contributed by atoms with Gasteiger partial charge in [0.1, 0.15) is 6.54 Å². The number of fused-ring (bicyclic) bond motifs is 1. The Morgan fingerprint density at radius 2 is 2.11 bits per heavy atom. The van der Waals surface area contributed by atoms with Gasteiger partial charge in [-0.1, -0.05) is 22.0 Å². The van der Waals surface area contributed by atoms with Gasteiger partial charge >= 0.3 is 6.18 Å². The van der Waals surface area contributed by atoms with Crippen LogP contribution in [-0.4, -0.2) is 23.7 Å². The second-order valence-corrected chi connectivity index (χ2v) is 4.94. The zero-order chi connectivity index (χ0) is 14.2. The molecule has 102 valence electrons. The Balaban J connectivity index is 2.63. The molecule has 0 fully saturated rings. The first kappa shape index (κ1) is 13.9. The van der Waals surface area contributed by atoms with Gasteiger partial charge in [0, 0.05) is 23.1 Å². The van der Waals surface area contributed by atoms with Gasteiger partial charge in [0.05, 0.1) is 11.1 Å². The molecule has 1 heterocycles. The van der Waals surface area contributed by atoms with Crippen molar-refractivity contribution in [2.24, 2.45) is 0 Å². The molecule has 0 radical (unpaired) electrons. The van der Waals surface area contributed by atoms with E-state index >= 15 is 0 Å². The number of carbonyl (C=O) groups is 1. The number of rotatable bonds is 2. The second kappa shape index (κ2) is 4.88. The molecule has 2 rings (SSSR count). The van der Waals surface area contributed by atoms with Crippen molar-refractivity contribution in [2.45, 2.75) is 12.7 Å². The van der Waals surface area contributed by atoms with Gasteiger partial charge in [0.25, 0.3) is 5.91 Å². The first-order valence-corrected chi connectivity index (χ1v) is 6.18. The SMILES string of the molecule is CNC(=O)c1cn(CC(F)(F)F)c2cc(Br)ccc12. The van der Waals surface area contributed by atoms with Gasteiger partial charge in [0.2, 0.25) is 0 Å². The van der Waals surface area contributed by atoms with Crippen LogP contribution in [0.5, 0.6) is 0 Å². The summed E-state index contributed by atoms with van der Waals surface area (Å²) < 4.78 is 39.3. The molecule has 0 atom stereocenters. The maximum atomic E-state index is 12.5. The number of carbonyl (C=O) groups excluding carboxylic acids is 1. The number of benzene rings is 1. The van der Waals surface area contributed by atoms with Gasteiger partial charge in [0.15, 0.2) is 0 Å².